The summed E-state index contributed by atoms with van der Waals surface area (Å²) in [7, 11) is 1.65. The topological polar surface area (TPSA) is 41.5 Å². The van der Waals surface area contributed by atoms with Gasteiger partial charge in [-0.25, -0.2) is 0 Å². The van der Waals surface area contributed by atoms with E-state index in [0.29, 0.717) is 0 Å². The molecule has 0 saturated carbocycles. The summed E-state index contributed by atoms with van der Waals surface area (Å²) >= 11 is 0. The molecule has 1 heterocycles. The normalized spacial score (nSPS) is 26.4. The number of aliphatic hydroxyl groups is 1. The Morgan fingerprint density at radius 2 is 2.21 bits per heavy atom. The third-order valence-electron chi connectivity index (χ3n) is 2.66. The summed E-state index contributed by atoms with van der Waals surface area (Å²) in [6.45, 7) is 0.865. The molecule has 1 aromatic carbocycles. The molecule has 0 aromatic heterocycles. The highest BCUT2D eigenvalue weighted by molar-refractivity contribution is 5.37. The first-order valence-corrected chi connectivity index (χ1v) is 4.87. The Morgan fingerprint density at radius 1 is 1.43 bits per heavy atom. The molecule has 1 aliphatic rings. The van der Waals surface area contributed by atoms with E-state index < -0.39 is 0 Å². The second-order valence-electron chi connectivity index (χ2n) is 3.53. The van der Waals surface area contributed by atoms with Crippen LogP contribution in [0.15, 0.2) is 24.3 Å². The molecule has 2 atom stereocenters. The van der Waals surface area contributed by atoms with Crippen molar-refractivity contribution >= 4 is 0 Å². The van der Waals surface area contributed by atoms with Gasteiger partial charge >= 0.3 is 0 Å². The molecular formula is C11H15NO2. The number of para-hydroxylation sites is 1. The molecule has 1 aromatic rings. The average Bonchev–Trinajstić information content (AvgIpc) is 2.64. The van der Waals surface area contributed by atoms with Crippen LogP contribution in [-0.2, 0) is 0 Å². The van der Waals surface area contributed by atoms with Crippen molar-refractivity contribution in [1.82, 2.24) is 5.32 Å². The van der Waals surface area contributed by atoms with Crippen molar-refractivity contribution in [2.75, 3.05) is 13.7 Å². The smallest absolute Gasteiger partial charge is 0.123 e. The van der Waals surface area contributed by atoms with Crippen molar-refractivity contribution in [3.63, 3.8) is 0 Å². The van der Waals surface area contributed by atoms with Crippen molar-refractivity contribution in [3.05, 3.63) is 29.8 Å². The number of ether oxygens (including phenoxy) is 1. The van der Waals surface area contributed by atoms with Crippen LogP contribution in [0.2, 0.25) is 0 Å². The van der Waals surface area contributed by atoms with Crippen LogP contribution in [0.4, 0.5) is 0 Å². The van der Waals surface area contributed by atoms with Gasteiger partial charge in [-0.15, -0.1) is 0 Å². The van der Waals surface area contributed by atoms with Crippen LogP contribution in [0.25, 0.3) is 0 Å². The quantitative estimate of drug-likeness (QED) is 0.738. The van der Waals surface area contributed by atoms with E-state index in [0.717, 1.165) is 24.3 Å². The van der Waals surface area contributed by atoms with Gasteiger partial charge in [-0.05, 0) is 19.0 Å². The molecule has 1 saturated heterocycles. The van der Waals surface area contributed by atoms with Crippen LogP contribution in [0.1, 0.15) is 18.0 Å². The number of benzene rings is 1. The summed E-state index contributed by atoms with van der Waals surface area (Å²) in [4.78, 5) is 0. The van der Waals surface area contributed by atoms with E-state index >= 15 is 0 Å². The molecule has 0 spiro atoms. The lowest BCUT2D eigenvalue weighted by Gasteiger charge is -2.17. The largest absolute Gasteiger partial charge is 0.496 e. The van der Waals surface area contributed by atoms with Crippen LogP contribution >= 0.6 is 0 Å². The van der Waals surface area contributed by atoms with Gasteiger partial charge in [-0.2, -0.15) is 0 Å². The molecular weight excluding hydrogens is 178 g/mol. The molecule has 14 heavy (non-hydrogen) atoms. The highest BCUT2D eigenvalue weighted by Crippen LogP contribution is 2.30. The van der Waals surface area contributed by atoms with Crippen LogP contribution in [0.5, 0.6) is 5.75 Å². The fourth-order valence-corrected chi connectivity index (χ4v) is 1.93. The summed E-state index contributed by atoms with van der Waals surface area (Å²) in [6, 6.07) is 7.83. The average molecular weight is 193 g/mol. The zero-order valence-corrected chi connectivity index (χ0v) is 8.23. The minimum absolute atomic E-state index is 0.0196. The minimum Gasteiger partial charge on any atom is -0.496 e. The Bertz CT molecular complexity index is 314. The molecule has 1 aliphatic heterocycles. The molecule has 0 aliphatic carbocycles. The maximum Gasteiger partial charge on any atom is 0.123 e. The standard InChI is InChI=1S/C11H15NO2/c1-14-10-5-3-2-4-8(10)11-9(13)6-7-12-11/h2-5,9,11-13H,6-7H2,1H3/t9-,11-/m0/s1. The van der Waals surface area contributed by atoms with Gasteiger partial charge in [0.05, 0.1) is 19.3 Å². The molecule has 0 amide bonds. The van der Waals surface area contributed by atoms with Crippen LogP contribution in [0, 0.1) is 0 Å². The van der Waals surface area contributed by atoms with Gasteiger partial charge in [0.2, 0.25) is 0 Å². The molecule has 0 radical (unpaired) electrons. The Kier molecular flexibility index (Phi) is 2.70. The van der Waals surface area contributed by atoms with Crippen molar-refractivity contribution in [2.45, 2.75) is 18.6 Å². The number of aliphatic hydroxyl groups excluding tert-OH is 1. The SMILES string of the molecule is COc1ccccc1[C@@H]1NCC[C@@H]1O. The molecule has 3 nitrogen and oxygen atoms in total. The molecule has 0 bridgehead atoms. The van der Waals surface area contributed by atoms with E-state index in [1.807, 2.05) is 24.3 Å². The first-order chi connectivity index (χ1) is 6.83. The lowest BCUT2D eigenvalue weighted by Crippen LogP contribution is -2.21. The monoisotopic (exact) mass is 193 g/mol. The zero-order valence-electron chi connectivity index (χ0n) is 8.23. The molecule has 2 N–H and O–H groups in total. The van der Waals surface area contributed by atoms with Crippen molar-refractivity contribution in [3.8, 4) is 5.75 Å². The fourth-order valence-electron chi connectivity index (χ4n) is 1.93. The highest BCUT2D eigenvalue weighted by atomic mass is 16.5. The Morgan fingerprint density at radius 3 is 2.86 bits per heavy atom. The van der Waals surface area contributed by atoms with E-state index in [2.05, 4.69) is 5.32 Å². The van der Waals surface area contributed by atoms with Gasteiger partial charge in [0, 0.05) is 5.56 Å². The first-order valence-electron chi connectivity index (χ1n) is 4.87. The number of methoxy groups -OCH3 is 1. The van der Waals surface area contributed by atoms with Gasteiger partial charge in [0.25, 0.3) is 0 Å². The molecule has 0 unspecified atom stereocenters. The van der Waals surface area contributed by atoms with E-state index in [1.165, 1.54) is 0 Å². The second-order valence-corrected chi connectivity index (χ2v) is 3.53. The second kappa shape index (κ2) is 3.98. The van der Waals surface area contributed by atoms with Crippen LogP contribution in [-0.4, -0.2) is 24.9 Å². The van der Waals surface area contributed by atoms with Gasteiger partial charge < -0.3 is 15.2 Å². The molecule has 3 heteroatoms. The lowest BCUT2D eigenvalue weighted by molar-refractivity contribution is 0.158. The number of hydrogen-bond acceptors (Lipinski definition) is 3. The van der Waals surface area contributed by atoms with Crippen molar-refractivity contribution in [2.24, 2.45) is 0 Å². The third-order valence-corrected chi connectivity index (χ3v) is 2.66. The van der Waals surface area contributed by atoms with Crippen molar-refractivity contribution in [1.29, 1.82) is 0 Å². The Labute approximate surface area is 83.7 Å². The molecule has 76 valence electrons. The van der Waals surface area contributed by atoms with E-state index in [9.17, 15) is 5.11 Å². The minimum atomic E-state index is -0.300. The summed E-state index contributed by atoms with van der Waals surface area (Å²) in [6.07, 6.45) is 0.509. The lowest BCUT2D eigenvalue weighted by atomic mass is 10.0. The number of hydrogen-bond donors (Lipinski definition) is 2. The first kappa shape index (κ1) is 9.49. The summed E-state index contributed by atoms with van der Waals surface area (Å²) in [5.41, 5.74) is 1.04. The van der Waals surface area contributed by atoms with Gasteiger partial charge in [-0.1, -0.05) is 18.2 Å². The summed E-state index contributed by atoms with van der Waals surface area (Å²) in [5, 5.41) is 13.0. The maximum atomic E-state index is 9.74. The predicted octanol–water partition coefficient (Wildman–Crippen LogP) is 1.09. The zero-order chi connectivity index (χ0) is 9.97. The Hall–Kier alpha value is -1.06. The predicted molar refractivity (Wildman–Crippen MR) is 54.4 cm³/mol. The highest BCUT2D eigenvalue weighted by Gasteiger charge is 2.27. The molecule has 2 rings (SSSR count). The van der Waals surface area contributed by atoms with Gasteiger partial charge in [-0.3, -0.25) is 0 Å². The third kappa shape index (κ3) is 1.61. The van der Waals surface area contributed by atoms with E-state index in [1.54, 1.807) is 7.11 Å². The maximum absolute atomic E-state index is 9.74. The van der Waals surface area contributed by atoms with Crippen LogP contribution < -0.4 is 10.1 Å². The van der Waals surface area contributed by atoms with E-state index in [-0.39, 0.29) is 12.1 Å². The van der Waals surface area contributed by atoms with Gasteiger partial charge in [0.15, 0.2) is 0 Å². The Balaban J connectivity index is 2.30. The fraction of sp³-hybridized carbons (Fsp3) is 0.455. The van der Waals surface area contributed by atoms with Crippen molar-refractivity contribution < 1.29 is 9.84 Å². The van der Waals surface area contributed by atoms with Crippen LogP contribution in [0.3, 0.4) is 0 Å². The van der Waals surface area contributed by atoms with Gasteiger partial charge in [0.1, 0.15) is 5.75 Å². The molecule has 1 fully saturated rings. The number of nitrogens with one attached hydrogen (secondary N) is 1. The van der Waals surface area contributed by atoms with E-state index in [4.69, 9.17) is 4.74 Å². The summed E-state index contributed by atoms with van der Waals surface area (Å²) in [5.74, 6) is 0.839. The number of rotatable bonds is 2. The summed E-state index contributed by atoms with van der Waals surface area (Å²) < 4.78 is 5.25.